The summed E-state index contributed by atoms with van der Waals surface area (Å²) in [7, 11) is 0. The first-order chi connectivity index (χ1) is 9.02. The number of pyridine rings is 1. The summed E-state index contributed by atoms with van der Waals surface area (Å²) in [6.45, 7) is 3.66. The number of aromatic nitrogens is 1. The Bertz CT molecular complexity index is 453. The molecule has 1 unspecified atom stereocenters. The second-order valence-electron chi connectivity index (χ2n) is 3.65. The van der Waals surface area contributed by atoms with E-state index in [1.54, 1.807) is 18.2 Å². The third kappa shape index (κ3) is 5.60. The number of nitrogens with one attached hydrogen (secondary N) is 1. The third-order valence-corrected chi connectivity index (χ3v) is 3.09. The molecule has 1 amide bonds. The van der Waals surface area contributed by atoms with Crippen LogP contribution in [-0.4, -0.2) is 40.4 Å². The number of carbonyl (C=O) groups is 2. The molecule has 0 aliphatic heterocycles. The molecule has 1 aromatic rings. The maximum atomic E-state index is 11.0. The van der Waals surface area contributed by atoms with Crippen molar-refractivity contribution < 1.29 is 19.4 Å². The van der Waals surface area contributed by atoms with E-state index in [-0.39, 0.29) is 11.7 Å². The Morgan fingerprint density at radius 2 is 2.26 bits per heavy atom. The molecule has 0 fully saturated rings. The Hall–Kier alpha value is -1.76. The summed E-state index contributed by atoms with van der Waals surface area (Å²) in [6.07, 6.45) is 0. The van der Waals surface area contributed by atoms with Crippen molar-refractivity contribution in [3.05, 3.63) is 18.2 Å². The van der Waals surface area contributed by atoms with Crippen LogP contribution in [0, 0.1) is 0 Å². The fraction of sp³-hybridized carbons (Fsp3) is 0.417. The molecule has 0 saturated heterocycles. The van der Waals surface area contributed by atoms with Gasteiger partial charge in [0.25, 0.3) is 0 Å². The quantitative estimate of drug-likeness (QED) is 0.730. The van der Waals surface area contributed by atoms with Gasteiger partial charge in [-0.05, 0) is 13.0 Å². The number of hydrogen-bond donors (Lipinski definition) is 2. The van der Waals surface area contributed by atoms with Crippen LogP contribution in [-0.2, 0) is 9.59 Å². The van der Waals surface area contributed by atoms with E-state index >= 15 is 0 Å². The minimum atomic E-state index is -1.07. The van der Waals surface area contributed by atoms with Crippen LogP contribution in [0.2, 0.25) is 0 Å². The van der Waals surface area contributed by atoms with Crippen LogP contribution in [0.3, 0.4) is 0 Å². The van der Waals surface area contributed by atoms with Gasteiger partial charge < -0.3 is 15.2 Å². The third-order valence-electron chi connectivity index (χ3n) is 2.06. The molecular formula is C12H16N2O4S. The molecule has 2 N–H and O–H groups in total. The van der Waals surface area contributed by atoms with Gasteiger partial charge in [0.15, 0.2) is 0 Å². The number of carbonyl (C=O) groups excluding carboxylic acids is 1. The van der Waals surface area contributed by atoms with Crippen LogP contribution in [0.4, 0.5) is 0 Å². The molecule has 104 valence electrons. The molecule has 1 rings (SSSR count). The Labute approximate surface area is 115 Å². The maximum Gasteiger partial charge on any atom is 0.327 e. The van der Waals surface area contributed by atoms with Crippen molar-refractivity contribution in [2.45, 2.75) is 24.9 Å². The lowest BCUT2D eigenvalue weighted by atomic mass is 10.3. The van der Waals surface area contributed by atoms with Gasteiger partial charge in [-0.25, -0.2) is 9.78 Å². The first-order valence-electron chi connectivity index (χ1n) is 5.75. The van der Waals surface area contributed by atoms with Gasteiger partial charge in [0.1, 0.15) is 11.1 Å². The molecule has 0 saturated carbocycles. The molecule has 0 radical (unpaired) electrons. The molecule has 0 spiro atoms. The zero-order chi connectivity index (χ0) is 14.3. The number of carboxylic acids is 1. The number of thioether (sulfide) groups is 1. The Morgan fingerprint density at radius 1 is 1.53 bits per heavy atom. The summed E-state index contributed by atoms with van der Waals surface area (Å²) in [6, 6.07) is 4.35. The zero-order valence-corrected chi connectivity index (χ0v) is 11.6. The van der Waals surface area contributed by atoms with Crippen LogP contribution in [0.5, 0.6) is 5.88 Å². The summed E-state index contributed by atoms with van der Waals surface area (Å²) in [4.78, 5) is 26.1. The first kappa shape index (κ1) is 15.3. The van der Waals surface area contributed by atoms with Crippen molar-refractivity contribution in [1.29, 1.82) is 0 Å². The maximum absolute atomic E-state index is 11.0. The van der Waals surface area contributed by atoms with Gasteiger partial charge in [0.2, 0.25) is 11.8 Å². The van der Waals surface area contributed by atoms with Gasteiger partial charge in [-0.15, -0.1) is 11.8 Å². The average molecular weight is 284 g/mol. The summed E-state index contributed by atoms with van der Waals surface area (Å²) in [5.74, 6) is -0.732. The van der Waals surface area contributed by atoms with E-state index in [0.717, 1.165) is 0 Å². The Kier molecular flexibility index (Phi) is 6.14. The molecule has 0 aliphatic carbocycles. The van der Waals surface area contributed by atoms with E-state index in [0.29, 0.717) is 17.5 Å². The Balaban J connectivity index is 2.60. The van der Waals surface area contributed by atoms with Gasteiger partial charge in [0, 0.05) is 18.7 Å². The van der Waals surface area contributed by atoms with Crippen molar-refractivity contribution in [2.24, 2.45) is 0 Å². The molecule has 0 aromatic carbocycles. The monoisotopic (exact) mass is 284 g/mol. The SMILES string of the molecule is CCOc1cccc(SCC(NC(C)=O)C(=O)O)n1. The van der Waals surface area contributed by atoms with Crippen LogP contribution < -0.4 is 10.1 Å². The number of nitrogens with zero attached hydrogens (tertiary/aromatic N) is 1. The second kappa shape index (κ2) is 7.63. The van der Waals surface area contributed by atoms with E-state index in [4.69, 9.17) is 9.84 Å². The highest BCUT2D eigenvalue weighted by atomic mass is 32.2. The van der Waals surface area contributed by atoms with Crippen LogP contribution in [0.1, 0.15) is 13.8 Å². The minimum Gasteiger partial charge on any atom is -0.480 e. The minimum absolute atomic E-state index is 0.206. The topological polar surface area (TPSA) is 88.5 Å². The summed E-state index contributed by atoms with van der Waals surface area (Å²) in [5.41, 5.74) is 0. The van der Waals surface area contributed by atoms with Gasteiger partial charge >= 0.3 is 5.97 Å². The number of carboxylic acid groups (broad SMARTS) is 1. The summed E-state index contributed by atoms with van der Waals surface area (Å²) in [5, 5.41) is 12.0. The lowest BCUT2D eigenvalue weighted by molar-refractivity contribution is -0.140. The van der Waals surface area contributed by atoms with Gasteiger partial charge in [-0.2, -0.15) is 0 Å². The predicted molar refractivity (Wildman–Crippen MR) is 71.4 cm³/mol. The van der Waals surface area contributed by atoms with E-state index < -0.39 is 12.0 Å². The van der Waals surface area contributed by atoms with Gasteiger partial charge in [-0.3, -0.25) is 4.79 Å². The second-order valence-corrected chi connectivity index (χ2v) is 4.69. The van der Waals surface area contributed by atoms with Crippen molar-refractivity contribution >= 4 is 23.6 Å². The molecule has 6 nitrogen and oxygen atoms in total. The normalized spacial score (nSPS) is 11.7. The smallest absolute Gasteiger partial charge is 0.327 e. The summed E-state index contributed by atoms with van der Waals surface area (Å²) >= 11 is 1.25. The molecule has 0 aliphatic rings. The zero-order valence-electron chi connectivity index (χ0n) is 10.8. The highest BCUT2D eigenvalue weighted by Gasteiger charge is 2.18. The van der Waals surface area contributed by atoms with Crippen molar-refractivity contribution in [3.63, 3.8) is 0 Å². The first-order valence-corrected chi connectivity index (χ1v) is 6.74. The van der Waals surface area contributed by atoms with E-state index in [1.807, 2.05) is 6.92 Å². The number of ether oxygens (including phenoxy) is 1. The predicted octanol–water partition coefficient (Wildman–Crippen LogP) is 1.16. The van der Waals surface area contributed by atoms with Crippen molar-refractivity contribution in [1.82, 2.24) is 10.3 Å². The number of amides is 1. The van der Waals surface area contributed by atoms with E-state index in [9.17, 15) is 9.59 Å². The highest BCUT2D eigenvalue weighted by molar-refractivity contribution is 7.99. The lowest BCUT2D eigenvalue weighted by Crippen LogP contribution is -2.41. The highest BCUT2D eigenvalue weighted by Crippen LogP contribution is 2.19. The average Bonchev–Trinajstić information content (AvgIpc) is 2.34. The molecule has 19 heavy (non-hydrogen) atoms. The van der Waals surface area contributed by atoms with Crippen LogP contribution >= 0.6 is 11.8 Å². The van der Waals surface area contributed by atoms with Gasteiger partial charge in [0.05, 0.1) is 6.61 Å². The summed E-state index contributed by atoms with van der Waals surface area (Å²) < 4.78 is 5.25. The van der Waals surface area contributed by atoms with Crippen molar-refractivity contribution in [2.75, 3.05) is 12.4 Å². The number of rotatable bonds is 7. The molecule has 7 heteroatoms. The largest absolute Gasteiger partial charge is 0.480 e. The fourth-order valence-electron chi connectivity index (χ4n) is 1.29. The lowest BCUT2D eigenvalue weighted by Gasteiger charge is -2.12. The van der Waals surface area contributed by atoms with E-state index in [2.05, 4.69) is 10.3 Å². The molecule has 1 aromatic heterocycles. The Morgan fingerprint density at radius 3 is 2.84 bits per heavy atom. The van der Waals surface area contributed by atoms with E-state index in [1.165, 1.54) is 18.7 Å². The molecule has 1 atom stereocenters. The molecule has 1 heterocycles. The van der Waals surface area contributed by atoms with Crippen molar-refractivity contribution in [3.8, 4) is 5.88 Å². The van der Waals surface area contributed by atoms with Gasteiger partial charge in [-0.1, -0.05) is 6.07 Å². The fourth-order valence-corrected chi connectivity index (χ4v) is 2.19. The molecule has 0 bridgehead atoms. The number of hydrogen-bond acceptors (Lipinski definition) is 5. The number of aliphatic carboxylic acids is 1. The van der Waals surface area contributed by atoms with Crippen LogP contribution in [0.15, 0.2) is 23.2 Å². The standard InChI is InChI=1S/C12H16N2O4S/c1-3-18-10-5-4-6-11(14-10)19-7-9(12(16)17)13-8(2)15/h4-6,9H,3,7H2,1-2H3,(H,13,15)(H,16,17). The molecular weight excluding hydrogens is 268 g/mol. The van der Waals surface area contributed by atoms with Crippen LogP contribution in [0.25, 0.3) is 0 Å².